The standard InChI is InChI=1S/C10H8ClNO/c1-12-9-5-2-8(3-6-9)4-7-10(11)13/h2-3,5-6H,4,7H2. The fraction of sp³-hybridized carbons (Fsp3) is 0.200. The minimum atomic E-state index is -0.325. The average molecular weight is 194 g/mol. The number of aryl methyl sites for hydroxylation is 1. The number of nitrogens with zero attached hydrogens (tertiary/aromatic N) is 1. The summed E-state index contributed by atoms with van der Waals surface area (Å²) in [5.41, 5.74) is 1.64. The molecule has 1 aromatic rings. The molecule has 0 aliphatic heterocycles. The Bertz CT molecular complexity index is 337. The molecule has 3 heteroatoms. The number of carbonyl (C=O) groups is 1. The molecule has 0 amide bonds. The van der Waals surface area contributed by atoms with Gasteiger partial charge in [-0.25, -0.2) is 4.85 Å². The molecule has 0 bridgehead atoms. The fourth-order valence-electron chi connectivity index (χ4n) is 0.980. The SMILES string of the molecule is [C-]#[N+]c1ccc(CCC(=O)Cl)cc1. The third kappa shape index (κ3) is 3.27. The summed E-state index contributed by atoms with van der Waals surface area (Å²) in [5, 5.41) is -0.325. The van der Waals surface area contributed by atoms with E-state index in [2.05, 4.69) is 4.85 Å². The zero-order valence-corrected chi connectivity index (χ0v) is 7.71. The Morgan fingerprint density at radius 2 is 2.00 bits per heavy atom. The first-order valence-electron chi connectivity index (χ1n) is 3.87. The summed E-state index contributed by atoms with van der Waals surface area (Å²) in [6.45, 7) is 6.73. The lowest BCUT2D eigenvalue weighted by Crippen LogP contribution is -1.90. The van der Waals surface area contributed by atoms with Gasteiger partial charge >= 0.3 is 0 Å². The van der Waals surface area contributed by atoms with E-state index in [1.165, 1.54) is 0 Å². The third-order valence-electron chi connectivity index (χ3n) is 1.68. The van der Waals surface area contributed by atoms with Crippen LogP contribution in [0, 0.1) is 6.57 Å². The lowest BCUT2D eigenvalue weighted by Gasteiger charge is -1.97. The van der Waals surface area contributed by atoms with Crippen molar-refractivity contribution in [2.24, 2.45) is 0 Å². The molecule has 0 radical (unpaired) electrons. The summed E-state index contributed by atoms with van der Waals surface area (Å²) in [4.78, 5) is 13.7. The van der Waals surface area contributed by atoms with E-state index in [9.17, 15) is 4.79 Å². The maximum atomic E-state index is 10.5. The van der Waals surface area contributed by atoms with Crippen LogP contribution in [0.3, 0.4) is 0 Å². The van der Waals surface area contributed by atoms with Crippen LogP contribution in [0.5, 0.6) is 0 Å². The van der Waals surface area contributed by atoms with E-state index >= 15 is 0 Å². The molecule has 0 saturated carbocycles. The van der Waals surface area contributed by atoms with Crippen molar-refractivity contribution in [3.8, 4) is 0 Å². The number of hydrogen-bond acceptors (Lipinski definition) is 1. The van der Waals surface area contributed by atoms with Gasteiger partial charge < -0.3 is 0 Å². The van der Waals surface area contributed by atoms with Crippen LogP contribution in [-0.4, -0.2) is 5.24 Å². The lowest BCUT2D eigenvalue weighted by molar-refractivity contribution is -0.111. The van der Waals surface area contributed by atoms with Gasteiger partial charge in [0.1, 0.15) is 0 Å². The van der Waals surface area contributed by atoms with Crippen LogP contribution in [0.1, 0.15) is 12.0 Å². The predicted octanol–water partition coefficient (Wildman–Crippen LogP) is 2.94. The van der Waals surface area contributed by atoms with Gasteiger partial charge in [0.25, 0.3) is 0 Å². The Morgan fingerprint density at radius 3 is 2.46 bits per heavy atom. The summed E-state index contributed by atoms with van der Waals surface area (Å²) in [6.07, 6.45) is 0.986. The predicted molar refractivity (Wildman–Crippen MR) is 51.9 cm³/mol. The van der Waals surface area contributed by atoms with Crippen LogP contribution in [-0.2, 0) is 11.2 Å². The number of hydrogen-bond donors (Lipinski definition) is 0. The minimum absolute atomic E-state index is 0.325. The third-order valence-corrected chi connectivity index (χ3v) is 1.86. The van der Waals surface area contributed by atoms with Crippen molar-refractivity contribution < 1.29 is 4.79 Å². The Morgan fingerprint density at radius 1 is 1.38 bits per heavy atom. The van der Waals surface area contributed by atoms with Crippen LogP contribution >= 0.6 is 11.6 Å². The second-order valence-corrected chi connectivity index (χ2v) is 3.05. The summed E-state index contributed by atoms with van der Waals surface area (Å²) < 4.78 is 0. The highest BCUT2D eigenvalue weighted by Gasteiger charge is 1.98. The van der Waals surface area contributed by atoms with E-state index in [-0.39, 0.29) is 5.24 Å². The van der Waals surface area contributed by atoms with Gasteiger partial charge in [0.05, 0.1) is 6.57 Å². The largest absolute Gasteiger partial charge is 0.281 e. The van der Waals surface area contributed by atoms with Crippen molar-refractivity contribution in [2.75, 3.05) is 0 Å². The lowest BCUT2D eigenvalue weighted by atomic mass is 10.1. The van der Waals surface area contributed by atoms with Crippen molar-refractivity contribution >= 4 is 22.5 Å². The molecule has 0 atom stereocenters. The summed E-state index contributed by atoms with van der Waals surface area (Å²) in [7, 11) is 0. The van der Waals surface area contributed by atoms with E-state index in [0.717, 1.165) is 5.56 Å². The first kappa shape index (κ1) is 9.76. The molecule has 0 aliphatic carbocycles. The summed E-state index contributed by atoms with van der Waals surface area (Å²) in [5.74, 6) is 0. The highest BCUT2D eigenvalue weighted by atomic mass is 35.5. The molecule has 0 saturated heterocycles. The van der Waals surface area contributed by atoms with Gasteiger partial charge in [0, 0.05) is 6.42 Å². The number of rotatable bonds is 3. The molecule has 0 unspecified atom stereocenters. The highest BCUT2D eigenvalue weighted by Crippen LogP contribution is 2.13. The maximum Gasteiger partial charge on any atom is 0.221 e. The molecule has 0 aliphatic rings. The molecule has 13 heavy (non-hydrogen) atoms. The van der Waals surface area contributed by atoms with Crippen molar-refractivity contribution in [2.45, 2.75) is 12.8 Å². The average Bonchev–Trinajstić information content (AvgIpc) is 2.15. The molecule has 1 rings (SSSR count). The molecule has 66 valence electrons. The van der Waals surface area contributed by atoms with E-state index in [0.29, 0.717) is 18.5 Å². The summed E-state index contributed by atoms with van der Waals surface area (Å²) >= 11 is 5.20. The van der Waals surface area contributed by atoms with Crippen LogP contribution in [0.15, 0.2) is 24.3 Å². The Labute approximate surface area is 82.0 Å². The van der Waals surface area contributed by atoms with Crippen molar-refractivity contribution in [3.05, 3.63) is 41.2 Å². The van der Waals surface area contributed by atoms with E-state index in [1.54, 1.807) is 12.1 Å². The molecule has 0 fully saturated rings. The molecule has 0 heterocycles. The van der Waals surface area contributed by atoms with Gasteiger partial charge in [-0.3, -0.25) is 4.79 Å². The fourth-order valence-corrected chi connectivity index (χ4v) is 1.07. The zero-order chi connectivity index (χ0) is 9.68. The zero-order valence-electron chi connectivity index (χ0n) is 6.96. The monoisotopic (exact) mass is 193 g/mol. The van der Waals surface area contributed by atoms with E-state index in [4.69, 9.17) is 18.2 Å². The van der Waals surface area contributed by atoms with Crippen LogP contribution in [0.4, 0.5) is 5.69 Å². The van der Waals surface area contributed by atoms with Crippen LogP contribution in [0.25, 0.3) is 4.85 Å². The molecule has 0 aromatic heterocycles. The van der Waals surface area contributed by atoms with Crippen molar-refractivity contribution in [1.29, 1.82) is 0 Å². The maximum absolute atomic E-state index is 10.5. The van der Waals surface area contributed by atoms with Gasteiger partial charge in [-0.1, -0.05) is 29.8 Å². The van der Waals surface area contributed by atoms with Crippen LogP contribution in [0.2, 0.25) is 0 Å². The van der Waals surface area contributed by atoms with Gasteiger partial charge in [-0.05, 0) is 18.0 Å². The van der Waals surface area contributed by atoms with Gasteiger partial charge in [-0.15, -0.1) is 0 Å². The molecular weight excluding hydrogens is 186 g/mol. The van der Waals surface area contributed by atoms with Crippen LogP contribution < -0.4 is 0 Å². The molecule has 2 nitrogen and oxygen atoms in total. The Hall–Kier alpha value is -1.33. The second-order valence-electron chi connectivity index (χ2n) is 2.63. The highest BCUT2D eigenvalue weighted by molar-refractivity contribution is 6.63. The molecule has 1 aromatic carbocycles. The summed E-state index contributed by atoms with van der Waals surface area (Å²) in [6, 6.07) is 7.16. The molecule has 0 N–H and O–H groups in total. The molecular formula is C10H8ClNO. The Balaban J connectivity index is 2.60. The molecule has 0 spiro atoms. The van der Waals surface area contributed by atoms with Crippen molar-refractivity contribution in [3.63, 3.8) is 0 Å². The van der Waals surface area contributed by atoms with Gasteiger partial charge in [-0.2, -0.15) is 0 Å². The number of carbonyl (C=O) groups excluding carboxylic acids is 1. The normalized spacial score (nSPS) is 9.23. The number of benzene rings is 1. The smallest absolute Gasteiger partial charge is 0.221 e. The van der Waals surface area contributed by atoms with Gasteiger partial charge in [0.2, 0.25) is 5.24 Å². The quantitative estimate of drug-likeness (QED) is 0.534. The first-order valence-corrected chi connectivity index (χ1v) is 4.25. The van der Waals surface area contributed by atoms with Crippen molar-refractivity contribution in [1.82, 2.24) is 0 Å². The number of halogens is 1. The Kier molecular flexibility index (Phi) is 3.48. The van der Waals surface area contributed by atoms with E-state index < -0.39 is 0 Å². The minimum Gasteiger partial charge on any atom is -0.281 e. The van der Waals surface area contributed by atoms with Gasteiger partial charge in [0.15, 0.2) is 5.69 Å². The first-order chi connectivity index (χ1) is 6.22. The topological polar surface area (TPSA) is 21.4 Å². The van der Waals surface area contributed by atoms with E-state index in [1.807, 2.05) is 12.1 Å². The second kappa shape index (κ2) is 4.64.